The normalized spacial score (nSPS) is 17.3. The summed E-state index contributed by atoms with van der Waals surface area (Å²) < 4.78 is 9.96. The largest absolute Gasteiger partial charge is 0.455 e. The van der Waals surface area contributed by atoms with Gasteiger partial charge in [-0.2, -0.15) is 0 Å². The third-order valence-electron chi connectivity index (χ3n) is 3.02. The zero-order chi connectivity index (χ0) is 14.8. The smallest absolute Gasteiger partial charge is 0.337 e. The van der Waals surface area contributed by atoms with Gasteiger partial charge in [-0.1, -0.05) is 24.3 Å². The molecule has 1 unspecified atom stereocenters. The maximum atomic E-state index is 11.0. The van der Waals surface area contributed by atoms with E-state index in [-0.39, 0.29) is 5.76 Å². The maximum Gasteiger partial charge on any atom is 0.337 e. The molecule has 4 nitrogen and oxygen atoms in total. The molecular formula is C16H12O4S. The predicted molar refractivity (Wildman–Crippen MR) is 79.9 cm³/mol. The first-order chi connectivity index (χ1) is 10.1. The van der Waals surface area contributed by atoms with Gasteiger partial charge in [-0.25, -0.2) is 4.79 Å². The fraction of sp³-hybridized carbons (Fsp3) is 0.0625. The molecule has 0 spiro atoms. The number of rotatable bonds is 3. The summed E-state index contributed by atoms with van der Waals surface area (Å²) in [6.45, 7) is 0. The van der Waals surface area contributed by atoms with Crippen LogP contribution >= 0.6 is 12.6 Å². The second kappa shape index (κ2) is 5.63. The van der Waals surface area contributed by atoms with E-state index >= 15 is 0 Å². The Kier molecular flexibility index (Phi) is 3.68. The van der Waals surface area contributed by atoms with E-state index in [0.29, 0.717) is 5.75 Å². The average Bonchev–Trinajstić information content (AvgIpc) is 2.79. The summed E-state index contributed by atoms with van der Waals surface area (Å²) in [7, 11) is 0. The Hall–Kier alpha value is -2.24. The van der Waals surface area contributed by atoms with Crippen molar-refractivity contribution in [1.82, 2.24) is 0 Å². The Morgan fingerprint density at radius 1 is 1.00 bits per heavy atom. The molecule has 0 saturated carbocycles. The minimum absolute atomic E-state index is 0.0900. The average molecular weight is 300 g/mol. The number of thiol groups is 1. The summed E-state index contributed by atoms with van der Waals surface area (Å²) >= 11 is 4.25. The van der Waals surface area contributed by atoms with Crippen LogP contribution in [0.2, 0.25) is 0 Å². The van der Waals surface area contributed by atoms with Crippen LogP contribution < -0.4 is 4.74 Å². The molecule has 0 aromatic heterocycles. The lowest BCUT2D eigenvalue weighted by Gasteiger charge is -2.10. The number of cyclic esters (lactones) is 1. The molecule has 0 saturated heterocycles. The van der Waals surface area contributed by atoms with E-state index in [2.05, 4.69) is 17.4 Å². The molecule has 106 valence electrons. The van der Waals surface area contributed by atoms with Gasteiger partial charge in [0.1, 0.15) is 5.75 Å². The quantitative estimate of drug-likeness (QED) is 0.676. The number of carbonyl (C=O) groups is 1. The number of benzene rings is 2. The topological polar surface area (TPSA) is 55.8 Å². The van der Waals surface area contributed by atoms with Crippen LogP contribution in [0.15, 0.2) is 65.3 Å². The Balaban J connectivity index is 1.77. The van der Waals surface area contributed by atoms with Gasteiger partial charge in [-0.05, 0) is 35.4 Å². The molecule has 21 heavy (non-hydrogen) atoms. The molecule has 0 amide bonds. The van der Waals surface area contributed by atoms with Gasteiger partial charge in [0, 0.05) is 4.90 Å². The van der Waals surface area contributed by atoms with Crippen LogP contribution in [-0.2, 0) is 9.53 Å². The van der Waals surface area contributed by atoms with E-state index in [9.17, 15) is 9.90 Å². The molecule has 1 atom stereocenters. The van der Waals surface area contributed by atoms with E-state index in [0.717, 1.165) is 22.1 Å². The van der Waals surface area contributed by atoms with Crippen molar-refractivity contribution < 1.29 is 19.4 Å². The Morgan fingerprint density at radius 2 is 1.57 bits per heavy atom. The maximum absolute atomic E-state index is 11.0. The lowest BCUT2D eigenvalue weighted by atomic mass is 10.1. The summed E-state index contributed by atoms with van der Waals surface area (Å²) in [6, 6.07) is 15.1. The SMILES string of the molecule is O=C1C=C(Oc2ccc(-c3ccc(S)cc3)cc2)C(O)O1. The Labute approximate surface area is 127 Å². The number of hydrogen-bond acceptors (Lipinski definition) is 5. The summed E-state index contributed by atoms with van der Waals surface area (Å²) in [4.78, 5) is 11.9. The number of ether oxygens (including phenoxy) is 2. The van der Waals surface area contributed by atoms with E-state index in [1.807, 2.05) is 36.4 Å². The number of hydrogen-bond donors (Lipinski definition) is 2. The van der Waals surface area contributed by atoms with Crippen LogP contribution in [0.5, 0.6) is 5.75 Å². The van der Waals surface area contributed by atoms with Crippen LogP contribution in [0, 0.1) is 0 Å². The highest BCUT2D eigenvalue weighted by molar-refractivity contribution is 7.80. The molecule has 5 heteroatoms. The molecule has 1 aliphatic heterocycles. The van der Waals surface area contributed by atoms with Crippen molar-refractivity contribution in [3.8, 4) is 16.9 Å². The number of carbonyl (C=O) groups excluding carboxylic acids is 1. The molecule has 1 heterocycles. The number of esters is 1. The van der Waals surface area contributed by atoms with Crippen LogP contribution in [-0.4, -0.2) is 17.4 Å². The van der Waals surface area contributed by atoms with E-state index < -0.39 is 12.3 Å². The molecule has 2 aromatic carbocycles. The van der Waals surface area contributed by atoms with Gasteiger partial charge in [0.2, 0.25) is 0 Å². The van der Waals surface area contributed by atoms with Gasteiger partial charge >= 0.3 is 5.97 Å². The Bertz CT molecular complexity index is 689. The highest BCUT2D eigenvalue weighted by Gasteiger charge is 2.25. The van der Waals surface area contributed by atoms with Crippen LogP contribution in [0.3, 0.4) is 0 Å². The fourth-order valence-electron chi connectivity index (χ4n) is 1.97. The monoisotopic (exact) mass is 300 g/mol. The molecule has 1 aliphatic rings. The van der Waals surface area contributed by atoms with Crippen molar-refractivity contribution in [3.05, 3.63) is 60.4 Å². The third kappa shape index (κ3) is 3.09. The third-order valence-corrected chi connectivity index (χ3v) is 3.32. The highest BCUT2D eigenvalue weighted by Crippen LogP contribution is 2.25. The van der Waals surface area contributed by atoms with Crippen molar-refractivity contribution in [3.63, 3.8) is 0 Å². The van der Waals surface area contributed by atoms with Crippen molar-refractivity contribution in [1.29, 1.82) is 0 Å². The van der Waals surface area contributed by atoms with Gasteiger partial charge in [-0.15, -0.1) is 12.6 Å². The van der Waals surface area contributed by atoms with Crippen LogP contribution in [0.4, 0.5) is 0 Å². The number of aliphatic hydroxyl groups excluding tert-OH is 1. The summed E-state index contributed by atoms with van der Waals surface area (Å²) in [5.41, 5.74) is 2.10. The van der Waals surface area contributed by atoms with Gasteiger partial charge in [0.15, 0.2) is 5.76 Å². The molecule has 0 aliphatic carbocycles. The minimum atomic E-state index is -1.33. The highest BCUT2D eigenvalue weighted by atomic mass is 32.1. The summed E-state index contributed by atoms with van der Waals surface area (Å²) in [6.07, 6.45) is -0.204. The van der Waals surface area contributed by atoms with Gasteiger partial charge < -0.3 is 14.6 Å². The van der Waals surface area contributed by atoms with Gasteiger partial charge in [0.05, 0.1) is 6.08 Å². The first-order valence-corrected chi connectivity index (χ1v) is 6.74. The first-order valence-electron chi connectivity index (χ1n) is 6.29. The van der Waals surface area contributed by atoms with Crippen molar-refractivity contribution in [2.45, 2.75) is 11.2 Å². The first kappa shape index (κ1) is 13.7. The molecule has 0 bridgehead atoms. The predicted octanol–water partition coefficient (Wildman–Crippen LogP) is 2.78. The Morgan fingerprint density at radius 3 is 2.10 bits per heavy atom. The molecule has 3 rings (SSSR count). The lowest BCUT2D eigenvalue weighted by Crippen LogP contribution is -2.13. The molecular weight excluding hydrogens is 288 g/mol. The molecule has 0 fully saturated rings. The van der Waals surface area contributed by atoms with Gasteiger partial charge in [-0.3, -0.25) is 0 Å². The summed E-state index contributed by atoms with van der Waals surface area (Å²) in [5, 5.41) is 9.44. The van der Waals surface area contributed by atoms with Gasteiger partial charge in [0.25, 0.3) is 6.29 Å². The zero-order valence-corrected chi connectivity index (χ0v) is 11.8. The van der Waals surface area contributed by atoms with Crippen molar-refractivity contribution >= 4 is 18.6 Å². The second-order valence-corrected chi connectivity index (χ2v) is 5.03. The summed E-state index contributed by atoms with van der Waals surface area (Å²) in [5.74, 6) is 0.00121. The second-order valence-electron chi connectivity index (χ2n) is 4.51. The zero-order valence-electron chi connectivity index (χ0n) is 10.9. The minimum Gasteiger partial charge on any atom is -0.455 e. The molecule has 1 N–H and O–H groups in total. The van der Waals surface area contributed by atoms with Crippen LogP contribution in [0.25, 0.3) is 11.1 Å². The number of aliphatic hydroxyl groups is 1. The standard InChI is InChI=1S/C16H12O4S/c17-15-9-14(16(18)20-15)19-12-5-1-10(2-6-12)11-3-7-13(21)8-4-11/h1-9,16,18,21H. The molecule has 0 radical (unpaired) electrons. The van der Waals surface area contributed by atoms with Crippen molar-refractivity contribution in [2.24, 2.45) is 0 Å². The van der Waals surface area contributed by atoms with Crippen molar-refractivity contribution in [2.75, 3.05) is 0 Å². The van der Waals surface area contributed by atoms with E-state index in [1.165, 1.54) is 0 Å². The molecule has 2 aromatic rings. The lowest BCUT2D eigenvalue weighted by molar-refractivity contribution is -0.153. The van der Waals surface area contributed by atoms with E-state index in [4.69, 9.17) is 4.74 Å². The van der Waals surface area contributed by atoms with Crippen LogP contribution in [0.1, 0.15) is 0 Å². The van der Waals surface area contributed by atoms with E-state index in [1.54, 1.807) is 12.1 Å². The fourth-order valence-corrected chi connectivity index (χ4v) is 2.12.